The Morgan fingerprint density at radius 1 is 1.77 bits per heavy atom. The van der Waals surface area contributed by atoms with Crippen molar-refractivity contribution in [2.75, 3.05) is 25.4 Å². The van der Waals surface area contributed by atoms with Gasteiger partial charge in [-0.3, -0.25) is 4.99 Å². The zero-order valence-corrected chi connectivity index (χ0v) is 8.86. The van der Waals surface area contributed by atoms with Crippen LogP contribution in [0.2, 0.25) is 0 Å². The van der Waals surface area contributed by atoms with Gasteiger partial charge >= 0.3 is 0 Å². The summed E-state index contributed by atoms with van der Waals surface area (Å²) in [6.07, 6.45) is 0. The molecule has 1 aliphatic rings. The first-order valence-corrected chi connectivity index (χ1v) is 5.38. The Morgan fingerprint density at radius 3 is 3.23 bits per heavy atom. The summed E-state index contributed by atoms with van der Waals surface area (Å²) in [5.74, 6) is 0.839. The third-order valence-electron chi connectivity index (χ3n) is 1.41. The molecule has 0 aromatic heterocycles. The molecule has 0 atom stereocenters. The maximum atomic E-state index is 4.92. The first-order valence-electron chi connectivity index (χ1n) is 4.39. The van der Waals surface area contributed by atoms with Crippen LogP contribution in [-0.4, -0.2) is 36.3 Å². The lowest BCUT2D eigenvalue weighted by Gasteiger charge is -2.01. The van der Waals surface area contributed by atoms with Crippen LogP contribution in [0.3, 0.4) is 0 Å². The molecule has 0 saturated carbocycles. The van der Waals surface area contributed by atoms with Gasteiger partial charge in [-0.05, 0) is 13.8 Å². The van der Waals surface area contributed by atoms with E-state index in [1.165, 1.54) is 0 Å². The number of rotatable bonds is 4. The third-order valence-corrected chi connectivity index (χ3v) is 2.52. The number of amidine groups is 1. The Kier molecular flexibility index (Phi) is 4.67. The second-order valence-corrected chi connectivity index (χ2v) is 3.61. The van der Waals surface area contributed by atoms with Crippen molar-refractivity contribution in [3.05, 3.63) is 0 Å². The number of nitrogens with one attached hydrogen (secondary N) is 1. The average Bonchev–Trinajstić information content (AvgIpc) is 2.64. The summed E-state index contributed by atoms with van der Waals surface area (Å²) in [7, 11) is 0. The second kappa shape index (κ2) is 5.85. The van der Waals surface area contributed by atoms with Gasteiger partial charge in [-0.1, -0.05) is 16.9 Å². The van der Waals surface area contributed by atoms with Gasteiger partial charge in [0.1, 0.15) is 6.61 Å². The fraction of sp³-hybridized carbons (Fsp3) is 0.750. The van der Waals surface area contributed by atoms with Gasteiger partial charge in [-0.25, -0.2) is 0 Å². The molecule has 13 heavy (non-hydrogen) atoms. The molecule has 5 heteroatoms. The third kappa shape index (κ3) is 4.17. The van der Waals surface area contributed by atoms with Crippen LogP contribution >= 0.6 is 11.8 Å². The van der Waals surface area contributed by atoms with Crippen LogP contribution in [0.1, 0.15) is 13.8 Å². The zero-order chi connectivity index (χ0) is 9.52. The van der Waals surface area contributed by atoms with E-state index in [0.717, 1.165) is 29.7 Å². The summed E-state index contributed by atoms with van der Waals surface area (Å²) in [5.41, 5.74) is 0.989. The first-order chi connectivity index (χ1) is 6.33. The zero-order valence-electron chi connectivity index (χ0n) is 8.04. The van der Waals surface area contributed by atoms with E-state index in [-0.39, 0.29) is 0 Å². The van der Waals surface area contributed by atoms with Crippen LogP contribution < -0.4 is 5.32 Å². The van der Waals surface area contributed by atoms with E-state index in [9.17, 15) is 0 Å². The van der Waals surface area contributed by atoms with E-state index in [2.05, 4.69) is 15.5 Å². The number of hydrogen-bond acceptors (Lipinski definition) is 5. The summed E-state index contributed by atoms with van der Waals surface area (Å²) in [6.45, 7) is 6.36. The molecule has 4 nitrogen and oxygen atoms in total. The molecule has 0 amide bonds. The van der Waals surface area contributed by atoms with Gasteiger partial charge in [0.25, 0.3) is 0 Å². The lowest BCUT2D eigenvalue weighted by Crippen LogP contribution is -2.16. The van der Waals surface area contributed by atoms with E-state index in [1.807, 2.05) is 13.8 Å². The number of nitrogens with zero attached hydrogens (tertiary/aromatic N) is 2. The Morgan fingerprint density at radius 2 is 2.62 bits per heavy atom. The van der Waals surface area contributed by atoms with Crippen LogP contribution in [0.5, 0.6) is 0 Å². The number of oxime groups is 1. The maximum absolute atomic E-state index is 4.92. The highest BCUT2D eigenvalue weighted by molar-refractivity contribution is 8.14. The molecule has 0 fully saturated rings. The average molecular weight is 201 g/mol. The molecule has 0 aliphatic carbocycles. The first kappa shape index (κ1) is 10.4. The molecule has 0 aromatic rings. The molecule has 0 bridgehead atoms. The van der Waals surface area contributed by atoms with Gasteiger partial charge in [-0.15, -0.1) is 0 Å². The van der Waals surface area contributed by atoms with E-state index < -0.39 is 0 Å². The largest absolute Gasteiger partial charge is 0.396 e. The smallest absolute Gasteiger partial charge is 0.157 e. The Balaban J connectivity index is 2.17. The standard InChI is InChI=1S/C8H15N3OS/c1-3-12-11-7(2)6-13-8-9-4-5-10-8/h3-6H2,1-2H3,(H,9,10)/b11-7+. The highest BCUT2D eigenvalue weighted by atomic mass is 32.2. The molecule has 1 N–H and O–H groups in total. The van der Waals surface area contributed by atoms with Crippen LogP contribution in [0.15, 0.2) is 10.1 Å². The quantitative estimate of drug-likeness (QED) is 0.547. The minimum absolute atomic E-state index is 0.626. The lowest BCUT2D eigenvalue weighted by atomic mass is 10.5. The summed E-state index contributed by atoms with van der Waals surface area (Å²) in [6, 6.07) is 0. The van der Waals surface area contributed by atoms with Crippen molar-refractivity contribution in [3.63, 3.8) is 0 Å². The second-order valence-electron chi connectivity index (χ2n) is 2.65. The highest BCUT2D eigenvalue weighted by Gasteiger charge is 2.05. The molecular formula is C8H15N3OS. The van der Waals surface area contributed by atoms with Crippen LogP contribution in [0.4, 0.5) is 0 Å². The monoisotopic (exact) mass is 201 g/mol. The van der Waals surface area contributed by atoms with Crippen molar-refractivity contribution >= 4 is 22.6 Å². The summed E-state index contributed by atoms with van der Waals surface area (Å²) in [4.78, 5) is 9.19. The topological polar surface area (TPSA) is 46.0 Å². The number of thioether (sulfide) groups is 1. The van der Waals surface area contributed by atoms with Crippen molar-refractivity contribution in [1.29, 1.82) is 0 Å². The Bertz CT molecular complexity index is 215. The Labute approximate surface area is 82.8 Å². The van der Waals surface area contributed by atoms with Gasteiger partial charge < -0.3 is 10.2 Å². The van der Waals surface area contributed by atoms with Crippen molar-refractivity contribution in [2.45, 2.75) is 13.8 Å². The van der Waals surface area contributed by atoms with Crippen LogP contribution in [0.25, 0.3) is 0 Å². The van der Waals surface area contributed by atoms with Crippen molar-refractivity contribution < 1.29 is 4.84 Å². The molecule has 1 aliphatic heterocycles. The predicted molar refractivity (Wildman–Crippen MR) is 57.5 cm³/mol. The summed E-state index contributed by atoms with van der Waals surface area (Å²) in [5, 5.41) is 8.12. The predicted octanol–water partition coefficient (Wildman–Crippen LogP) is 1.09. The van der Waals surface area contributed by atoms with E-state index in [0.29, 0.717) is 6.61 Å². The van der Waals surface area contributed by atoms with Crippen LogP contribution in [0, 0.1) is 0 Å². The van der Waals surface area contributed by atoms with Crippen molar-refractivity contribution in [3.8, 4) is 0 Å². The lowest BCUT2D eigenvalue weighted by molar-refractivity contribution is 0.158. The van der Waals surface area contributed by atoms with Crippen molar-refractivity contribution in [1.82, 2.24) is 5.32 Å². The molecule has 74 valence electrons. The summed E-state index contributed by atoms with van der Waals surface area (Å²) >= 11 is 1.67. The normalized spacial score (nSPS) is 16.8. The Hall–Kier alpha value is -0.710. The number of aliphatic imine (C=N–C) groups is 1. The fourth-order valence-corrected chi connectivity index (χ4v) is 1.63. The minimum atomic E-state index is 0.626. The molecule has 0 spiro atoms. The fourth-order valence-electron chi connectivity index (χ4n) is 0.847. The van der Waals surface area contributed by atoms with Gasteiger partial charge in [0.05, 0.1) is 12.3 Å². The van der Waals surface area contributed by atoms with Gasteiger partial charge in [-0.2, -0.15) is 0 Å². The minimum Gasteiger partial charge on any atom is -0.396 e. The molecule has 0 unspecified atom stereocenters. The highest BCUT2D eigenvalue weighted by Crippen LogP contribution is 2.05. The number of hydrogen-bond donors (Lipinski definition) is 1. The molecular weight excluding hydrogens is 186 g/mol. The molecule has 0 radical (unpaired) electrons. The van der Waals surface area contributed by atoms with Gasteiger partial charge in [0, 0.05) is 12.3 Å². The SMILES string of the molecule is CCO/N=C(\C)CSC1=NCCN1. The molecule has 0 saturated heterocycles. The maximum Gasteiger partial charge on any atom is 0.157 e. The van der Waals surface area contributed by atoms with E-state index >= 15 is 0 Å². The molecule has 1 rings (SSSR count). The van der Waals surface area contributed by atoms with Gasteiger partial charge in [0.15, 0.2) is 5.17 Å². The van der Waals surface area contributed by atoms with Gasteiger partial charge in [0.2, 0.25) is 0 Å². The molecule has 1 heterocycles. The molecule has 0 aromatic carbocycles. The van der Waals surface area contributed by atoms with E-state index in [4.69, 9.17) is 4.84 Å². The van der Waals surface area contributed by atoms with E-state index in [1.54, 1.807) is 11.8 Å². The van der Waals surface area contributed by atoms with Crippen molar-refractivity contribution in [2.24, 2.45) is 10.1 Å². The summed E-state index contributed by atoms with van der Waals surface area (Å²) < 4.78 is 0. The van der Waals surface area contributed by atoms with Crippen LogP contribution in [-0.2, 0) is 4.84 Å².